The van der Waals surface area contributed by atoms with Crippen molar-refractivity contribution in [2.24, 2.45) is 0 Å². The van der Waals surface area contributed by atoms with Gasteiger partial charge in [-0.3, -0.25) is 9.59 Å². The summed E-state index contributed by atoms with van der Waals surface area (Å²) in [6.45, 7) is 1.49. The Bertz CT molecular complexity index is 1000. The fourth-order valence-electron chi connectivity index (χ4n) is 2.69. The minimum absolute atomic E-state index is 0.180. The van der Waals surface area contributed by atoms with E-state index in [2.05, 4.69) is 10.4 Å². The number of halogens is 2. The highest BCUT2D eigenvalue weighted by Gasteiger charge is 2.25. The first-order valence-electron chi connectivity index (χ1n) is 8.48. The van der Waals surface area contributed by atoms with Crippen LogP contribution >= 0.6 is 11.6 Å². The van der Waals surface area contributed by atoms with Crippen molar-refractivity contribution in [3.05, 3.63) is 76.8 Å². The van der Waals surface area contributed by atoms with Crippen LogP contribution in [0.5, 0.6) is 0 Å². The summed E-state index contributed by atoms with van der Waals surface area (Å²) in [4.78, 5) is 26.3. The number of aryl methyl sites for hydroxylation is 1. The molecule has 1 heterocycles. The number of carbonyl (C=O) groups excluding carboxylic acids is 2. The van der Waals surface area contributed by atoms with E-state index < -0.39 is 17.6 Å². The van der Waals surface area contributed by atoms with Crippen molar-refractivity contribution in [2.45, 2.75) is 6.92 Å². The molecule has 28 heavy (non-hydrogen) atoms. The van der Waals surface area contributed by atoms with E-state index in [1.165, 1.54) is 40.9 Å². The molecule has 0 aliphatic carbocycles. The Kier molecular flexibility index (Phi) is 5.75. The monoisotopic (exact) mass is 400 g/mol. The van der Waals surface area contributed by atoms with Crippen LogP contribution in [0.4, 0.5) is 10.1 Å². The van der Waals surface area contributed by atoms with Gasteiger partial charge >= 0.3 is 0 Å². The first-order valence-corrected chi connectivity index (χ1v) is 8.86. The predicted octanol–water partition coefficient (Wildman–Crippen LogP) is 3.68. The Balaban J connectivity index is 1.73. The molecule has 0 aliphatic heterocycles. The second kappa shape index (κ2) is 8.22. The van der Waals surface area contributed by atoms with E-state index in [9.17, 15) is 14.0 Å². The number of likely N-dealkylation sites (N-methyl/N-ethyl adjacent to an activating group) is 1. The van der Waals surface area contributed by atoms with Crippen LogP contribution in [0.25, 0.3) is 5.69 Å². The summed E-state index contributed by atoms with van der Waals surface area (Å²) in [5.74, 6) is -1.23. The number of benzene rings is 2. The van der Waals surface area contributed by atoms with Gasteiger partial charge in [0.15, 0.2) is 0 Å². The Morgan fingerprint density at radius 1 is 1.14 bits per heavy atom. The molecule has 144 valence electrons. The number of amides is 2. The van der Waals surface area contributed by atoms with Crippen LogP contribution < -0.4 is 5.32 Å². The van der Waals surface area contributed by atoms with Crippen molar-refractivity contribution in [2.75, 3.05) is 18.9 Å². The van der Waals surface area contributed by atoms with Crippen molar-refractivity contribution in [1.82, 2.24) is 14.7 Å². The number of carbonyl (C=O) groups is 2. The van der Waals surface area contributed by atoms with E-state index >= 15 is 0 Å². The standard InChI is InChI=1S/C20H18ClFN4O2/c1-13-18(19(21)26(24-13)16-6-4-3-5-7-16)20(28)25(2)12-17(27)23-15-10-8-14(22)9-11-15/h3-11H,12H2,1-2H3,(H,23,27). The maximum absolute atomic E-state index is 12.9. The SMILES string of the molecule is Cc1nn(-c2ccccc2)c(Cl)c1C(=O)N(C)CC(=O)Nc1ccc(F)cc1. The van der Waals surface area contributed by atoms with Gasteiger partial charge in [-0.15, -0.1) is 0 Å². The third kappa shape index (κ3) is 4.20. The van der Waals surface area contributed by atoms with Gasteiger partial charge in [0, 0.05) is 12.7 Å². The lowest BCUT2D eigenvalue weighted by Crippen LogP contribution is -2.35. The van der Waals surface area contributed by atoms with Crippen LogP contribution in [0.1, 0.15) is 16.1 Å². The summed E-state index contributed by atoms with van der Waals surface area (Å²) in [5, 5.41) is 7.13. The molecule has 0 radical (unpaired) electrons. The number of rotatable bonds is 5. The lowest BCUT2D eigenvalue weighted by atomic mass is 10.2. The third-order valence-electron chi connectivity index (χ3n) is 4.07. The highest BCUT2D eigenvalue weighted by atomic mass is 35.5. The zero-order valence-electron chi connectivity index (χ0n) is 15.3. The number of hydrogen-bond acceptors (Lipinski definition) is 3. The van der Waals surface area contributed by atoms with E-state index in [1.807, 2.05) is 30.3 Å². The van der Waals surface area contributed by atoms with Gasteiger partial charge in [-0.2, -0.15) is 5.10 Å². The summed E-state index contributed by atoms with van der Waals surface area (Å²) in [6.07, 6.45) is 0. The van der Waals surface area contributed by atoms with Crippen LogP contribution in [0.2, 0.25) is 5.15 Å². The molecular weight excluding hydrogens is 383 g/mol. The quantitative estimate of drug-likeness (QED) is 0.710. The summed E-state index contributed by atoms with van der Waals surface area (Å²) in [6, 6.07) is 14.6. The molecule has 0 saturated heterocycles. The van der Waals surface area contributed by atoms with Gasteiger partial charge in [-0.25, -0.2) is 9.07 Å². The summed E-state index contributed by atoms with van der Waals surface area (Å²) >= 11 is 6.40. The zero-order chi connectivity index (χ0) is 20.3. The zero-order valence-corrected chi connectivity index (χ0v) is 16.1. The Morgan fingerprint density at radius 3 is 2.43 bits per heavy atom. The van der Waals surface area contributed by atoms with Crippen molar-refractivity contribution in [1.29, 1.82) is 0 Å². The first kappa shape index (κ1) is 19.6. The molecule has 0 bridgehead atoms. The molecule has 0 aliphatic rings. The second-order valence-corrected chi connectivity index (χ2v) is 6.57. The van der Waals surface area contributed by atoms with E-state index in [4.69, 9.17) is 11.6 Å². The van der Waals surface area contributed by atoms with Crippen molar-refractivity contribution in [3.8, 4) is 5.69 Å². The number of hydrogen-bond donors (Lipinski definition) is 1. The minimum Gasteiger partial charge on any atom is -0.332 e. The molecule has 1 N–H and O–H groups in total. The van der Waals surface area contributed by atoms with Crippen LogP contribution in [0.3, 0.4) is 0 Å². The predicted molar refractivity (Wildman–Crippen MR) is 105 cm³/mol. The largest absolute Gasteiger partial charge is 0.332 e. The van der Waals surface area contributed by atoms with Crippen molar-refractivity contribution < 1.29 is 14.0 Å². The molecule has 1 aromatic heterocycles. The molecule has 0 saturated carbocycles. The molecule has 0 fully saturated rings. The average molecular weight is 401 g/mol. The topological polar surface area (TPSA) is 67.2 Å². The highest BCUT2D eigenvalue weighted by molar-refractivity contribution is 6.33. The minimum atomic E-state index is -0.418. The molecule has 2 amide bonds. The highest BCUT2D eigenvalue weighted by Crippen LogP contribution is 2.24. The lowest BCUT2D eigenvalue weighted by Gasteiger charge is -2.17. The number of nitrogens with one attached hydrogen (secondary N) is 1. The normalized spacial score (nSPS) is 10.6. The molecule has 0 atom stereocenters. The van der Waals surface area contributed by atoms with Crippen LogP contribution in [0, 0.1) is 12.7 Å². The molecule has 3 aromatic rings. The molecule has 0 unspecified atom stereocenters. The van der Waals surface area contributed by atoms with Crippen LogP contribution in [-0.2, 0) is 4.79 Å². The molecule has 3 rings (SSSR count). The smallest absolute Gasteiger partial charge is 0.259 e. The molecule has 8 heteroatoms. The summed E-state index contributed by atoms with van der Waals surface area (Å²) < 4.78 is 14.4. The number of aromatic nitrogens is 2. The van der Waals surface area contributed by atoms with Gasteiger partial charge in [-0.1, -0.05) is 29.8 Å². The van der Waals surface area contributed by atoms with E-state index in [1.54, 1.807) is 6.92 Å². The molecule has 6 nitrogen and oxygen atoms in total. The maximum Gasteiger partial charge on any atom is 0.259 e. The van der Waals surface area contributed by atoms with Gasteiger partial charge in [-0.05, 0) is 43.3 Å². The van der Waals surface area contributed by atoms with Gasteiger partial charge in [0.25, 0.3) is 5.91 Å². The lowest BCUT2D eigenvalue weighted by molar-refractivity contribution is -0.116. The van der Waals surface area contributed by atoms with Crippen LogP contribution in [-0.4, -0.2) is 40.1 Å². The van der Waals surface area contributed by atoms with Gasteiger partial charge in [0.1, 0.15) is 11.0 Å². The van der Waals surface area contributed by atoms with Crippen LogP contribution in [0.15, 0.2) is 54.6 Å². The second-order valence-electron chi connectivity index (χ2n) is 6.21. The summed E-state index contributed by atoms with van der Waals surface area (Å²) in [5.41, 5.74) is 1.87. The number of anilines is 1. The molecular formula is C20H18ClFN4O2. The Hall–Kier alpha value is -3.19. The number of para-hydroxylation sites is 1. The van der Waals surface area contributed by atoms with E-state index in [0.29, 0.717) is 11.4 Å². The Morgan fingerprint density at radius 2 is 1.79 bits per heavy atom. The number of nitrogens with zero attached hydrogens (tertiary/aromatic N) is 3. The van der Waals surface area contributed by atoms with Gasteiger partial charge in [0.05, 0.1) is 23.5 Å². The van der Waals surface area contributed by atoms with Gasteiger partial charge < -0.3 is 10.2 Å². The average Bonchev–Trinajstić information content (AvgIpc) is 2.98. The Labute approximate surface area is 166 Å². The first-order chi connectivity index (χ1) is 13.4. The summed E-state index contributed by atoms with van der Waals surface area (Å²) in [7, 11) is 1.50. The maximum atomic E-state index is 12.9. The fraction of sp³-hybridized carbons (Fsp3) is 0.150. The molecule has 0 spiro atoms. The van der Waals surface area contributed by atoms with Crippen molar-refractivity contribution >= 4 is 29.1 Å². The fourth-order valence-corrected chi connectivity index (χ4v) is 3.05. The van der Waals surface area contributed by atoms with E-state index in [-0.39, 0.29) is 17.3 Å². The van der Waals surface area contributed by atoms with Crippen molar-refractivity contribution in [3.63, 3.8) is 0 Å². The third-order valence-corrected chi connectivity index (χ3v) is 4.42. The van der Waals surface area contributed by atoms with E-state index in [0.717, 1.165) is 5.69 Å². The molecule has 2 aromatic carbocycles. The van der Waals surface area contributed by atoms with Gasteiger partial charge in [0.2, 0.25) is 5.91 Å².